The monoisotopic (exact) mass is 622 g/mol. The van der Waals surface area contributed by atoms with Gasteiger partial charge in [0.25, 0.3) is 0 Å². The maximum Gasteiger partial charge on any atom is 0.415 e. The van der Waals surface area contributed by atoms with Gasteiger partial charge < -0.3 is 24.0 Å². The first-order valence-electron chi connectivity index (χ1n) is 14.8. The molecule has 0 atom stereocenters. The average Bonchev–Trinajstić information content (AvgIpc) is 2.99. The van der Waals surface area contributed by atoms with Crippen molar-refractivity contribution in [2.24, 2.45) is 11.8 Å². The van der Waals surface area contributed by atoms with Gasteiger partial charge in [-0.3, -0.25) is 0 Å². The molecule has 2 aromatic carbocycles. The number of hydrogen-bond donors (Lipinski definition) is 0. The quantitative estimate of drug-likeness (QED) is 0.254. The summed E-state index contributed by atoms with van der Waals surface area (Å²) in [5, 5.41) is 0. The number of piperidine rings is 2. The molecule has 0 N–H and O–H groups in total. The van der Waals surface area contributed by atoms with E-state index in [-0.39, 0.29) is 12.2 Å². The van der Waals surface area contributed by atoms with Crippen LogP contribution < -0.4 is 9.47 Å². The molecule has 0 aromatic heterocycles. The second-order valence-electron chi connectivity index (χ2n) is 11.5. The van der Waals surface area contributed by atoms with E-state index in [4.69, 9.17) is 33.9 Å². The van der Waals surface area contributed by atoms with Crippen LogP contribution in [-0.2, 0) is 4.74 Å². The van der Waals surface area contributed by atoms with Crippen LogP contribution in [0.15, 0.2) is 60.7 Å². The maximum absolute atomic E-state index is 11.9. The lowest BCUT2D eigenvalue weighted by molar-refractivity contribution is 0.0185. The standard InChI is InChI=1S/C15H17NO2.C13H21NO2.C7H5ClO2/c1-2-6-13-9-11-16(12-10-13)15(17)18-14-7-4-3-5-8-14;1-5-6-11-7-9-14(10-8-11)12(15)16-13(2,3)4;8-7(9)10-6-4-2-1-3-5-6/h1,3-5,7-8,13H,6,9-12H2;1,11H,6-10H2,2-4H3;1-5H. The molecule has 4 rings (SSSR count). The number of nitrogens with zero attached hydrogens (tertiary/aromatic N) is 2. The Balaban J connectivity index is 0.000000239. The van der Waals surface area contributed by atoms with Crippen LogP contribution in [0.4, 0.5) is 14.4 Å². The number of terminal acetylenes is 2. The molecular formula is C35H43ClN2O6. The minimum atomic E-state index is -0.814. The Morgan fingerprint density at radius 1 is 0.727 bits per heavy atom. The van der Waals surface area contributed by atoms with Gasteiger partial charge in [0.15, 0.2) is 0 Å². The summed E-state index contributed by atoms with van der Waals surface area (Å²) >= 11 is 4.95. The van der Waals surface area contributed by atoms with Gasteiger partial charge in [0.05, 0.1) is 0 Å². The summed E-state index contributed by atoms with van der Waals surface area (Å²) in [6, 6.07) is 17.8. The van der Waals surface area contributed by atoms with E-state index >= 15 is 0 Å². The SMILES string of the molecule is C#CCC1CCN(C(=O)OC(C)(C)C)CC1.C#CCC1CCN(C(=O)Oc2ccccc2)CC1.O=C(Cl)Oc1ccccc1. The molecule has 8 nitrogen and oxygen atoms in total. The van der Waals surface area contributed by atoms with E-state index in [0.29, 0.717) is 23.3 Å². The Morgan fingerprint density at radius 2 is 1.11 bits per heavy atom. The lowest BCUT2D eigenvalue weighted by Crippen LogP contribution is -2.41. The van der Waals surface area contributed by atoms with Gasteiger partial charge in [-0.05, 0) is 82.6 Å². The number of benzene rings is 2. The first-order valence-corrected chi connectivity index (χ1v) is 15.2. The largest absolute Gasteiger partial charge is 0.444 e. The molecule has 2 fully saturated rings. The van der Waals surface area contributed by atoms with Gasteiger partial charge in [-0.2, -0.15) is 0 Å². The van der Waals surface area contributed by atoms with Gasteiger partial charge in [-0.25, -0.2) is 14.4 Å². The first-order chi connectivity index (χ1) is 21.0. The summed E-state index contributed by atoms with van der Waals surface area (Å²) in [5.74, 6) is 7.55. The molecule has 236 valence electrons. The van der Waals surface area contributed by atoms with Crippen molar-refractivity contribution in [2.45, 2.75) is 64.9 Å². The molecule has 2 aliphatic heterocycles. The van der Waals surface area contributed by atoms with Crippen molar-refractivity contribution >= 4 is 29.2 Å². The molecule has 0 saturated carbocycles. The van der Waals surface area contributed by atoms with Crippen LogP contribution in [0.2, 0.25) is 0 Å². The van der Waals surface area contributed by atoms with Crippen molar-refractivity contribution < 1.29 is 28.6 Å². The minimum absolute atomic E-state index is 0.202. The van der Waals surface area contributed by atoms with Gasteiger partial charge in [0.2, 0.25) is 0 Å². The number of hydrogen-bond acceptors (Lipinski definition) is 6. The molecule has 0 aliphatic carbocycles. The average molecular weight is 623 g/mol. The molecule has 0 unspecified atom stereocenters. The molecule has 2 amide bonds. The highest BCUT2D eigenvalue weighted by Crippen LogP contribution is 2.22. The van der Waals surface area contributed by atoms with Crippen molar-refractivity contribution in [3.8, 4) is 36.2 Å². The lowest BCUT2D eigenvalue weighted by Gasteiger charge is -2.32. The fraction of sp³-hybridized carbons (Fsp3) is 0.457. The van der Waals surface area contributed by atoms with E-state index in [0.717, 1.165) is 64.7 Å². The molecule has 2 aliphatic rings. The van der Waals surface area contributed by atoms with Crippen molar-refractivity contribution in [1.82, 2.24) is 9.80 Å². The molecule has 2 aromatic rings. The number of para-hydroxylation sites is 2. The Morgan fingerprint density at radius 3 is 1.48 bits per heavy atom. The second-order valence-corrected chi connectivity index (χ2v) is 11.8. The van der Waals surface area contributed by atoms with Gasteiger partial charge in [-0.15, -0.1) is 24.7 Å². The number of ether oxygens (including phenoxy) is 3. The maximum atomic E-state index is 11.9. The van der Waals surface area contributed by atoms with Gasteiger partial charge in [-0.1, -0.05) is 36.4 Å². The summed E-state index contributed by atoms with van der Waals surface area (Å²) in [4.78, 5) is 37.3. The van der Waals surface area contributed by atoms with Crippen LogP contribution in [0, 0.1) is 36.5 Å². The molecule has 44 heavy (non-hydrogen) atoms. The van der Waals surface area contributed by atoms with Crippen LogP contribution in [0.3, 0.4) is 0 Å². The molecule has 2 saturated heterocycles. The number of halogens is 1. The Kier molecular flexibility index (Phi) is 15.7. The summed E-state index contributed by atoms with van der Waals surface area (Å²) in [5.41, 5.74) is -1.22. The summed E-state index contributed by atoms with van der Waals surface area (Å²) in [6.45, 7) is 8.65. The summed E-state index contributed by atoms with van der Waals surface area (Å²) < 4.78 is 15.2. The molecule has 0 spiro atoms. The molecule has 0 radical (unpaired) electrons. The summed E-state index contributed by atoms with van der Waals surface area (Å²) in [6.07, 6.45) is 15.7. The number of amides is 2. The minimum Gasteiger partial charge on any atom is -0.444 e. The van der Waals surface area contributed by atoms with Crippen molar-refractivity contribution in [3.05, 3.63) is 60.7 Å². The van der Waals surface area contributed by atoms with E-state index in [2.05, 4.69) is 16.6 Å². The van der Waals surface area contributed by atoms with Gasteiger partial charge in [0, 0.05) is 50.6 Å². The van der Waals surface area contributed by atoms with E-state index in [1.54, 1.807) is 46.2 Å². The molecular weight excluding hydrogens is 580 g/mol. The molecule has 2 heterocycles. The van der Waals surface area contributed by atoms with Crippen molar-refractivity contribution in [1.29, 1.82) is 0 Å². The van der Waals surface area contributed by atoms with E-state index in [1.807, 2.05) is 45.0 Å². The Labute approximate surface area is 267 Å². The smallest absolute Gasteiger partial charge is 0.415 e. The van der Waals surface area contributed by atoms with Crippen LogP contribution in [0.25, 0.3) is 0 Å². The number of carbonyl (C=O) groups is 3. The molecule has 0 bridgehead atoms. The third-order valence-electron chi connectivity index (χ3n) is 6.84. The van der Waals surface area contributed by atoms with Crippen LogP contribution in [0.5, 0.6) is 11.5 Å². The predicted octanol–water partition coefficient (Wildman–Crippen LogP) is 8.00. The zero-order valence-electron chi connectivity index (χ0n) is 25.9. The highest BCUT2D eigenvalue weighted by atomic mass is 35.5. The van der Waals surface area contributed by atoms with Gasteiger partial charge in [0.1, 0.15) is 17.1 Å². The third-order valence-corrected chi connectivity index (χ3v) is 6.92. The van der Waals surface area contributed by atoms with Crippen LogP contribution in [-0.4, -0.2) is 59.2 Å². The van der Waals surface area contributed by atoms with Crippen molar-refractivity contribution in [3.63, 3.8) is 0 Å². The summed E-state index contributed by atoms with van der Waals surface area (Å²) in [7, 11) is 0. The highest BCUT2D eigenvalue weighted by Gasteiger charge is 2.26. The third kappa shape index (κ3) is 14.8. The van der Waals surface area contributed by atoms with Crippen molar-refractivity contribution in [2.75, 3.05) is 26.2 Å². The second kappa shape index (κ2) is 19.2. The fourth-order valence-electron chi connectivity index (χ4n) is 4.53. The van der Waals surface area contributed by atoms with Crippen LogP contribution in [0.1, 0.15) is 59.3 Å². The highest BCUT2D eigenvalue weighted by molar-refractivity contribution is 6.61. The molecule has 9 heteroatoms. The Bertz CT molecular complexity index is 1230. The first kappa shape index (κ1) is 36.1. The zero-order chi connectivity index (χ0) is 32.4. The fourth-order valence-corrected chi connectivity index (χ4v) is 4.62. The normalized spacial score (nSPS) is 15.1. The van der Waals surface area contributed by atoms with Gasteiger partial charge >= 0.3 is 17.6 Å². The predicted molar refractivity (Wildman–Crippen MR) is 173 cm³/mol. The van der Waals surface area contributed by atoms with E-state index < -0.39 is 11.0 Å². The van der Waals surface area contributed by atoms with E-state index in [1.165, 1.54) is 0 Å². The number of carbonyl (C=O) groups excluding carboxylic acids is 3. The zero-order valence-corrected chi connectivity index (χ0v) is 26.6. The topological polar surface area (TPSA) is 85.4 Å². The van der Waals surface area contributed by atoms with E-state index in [9.17, 15) is 14.4 Å². The van der Waals surface area contributed by atoms with Crippen LogP contribution >= 0.6 is 11.6 Å². The lowest BCUT2D eigenvalue weighted by atomic mass is 9.94. The number of rotatable bonds is 4. The number of likely N-dealkylation sites (tertiary alicyclic amines) is 2. The Hall–Kier alpha value is -4.14.